The number of carbonyl (C=O) groups is 1. The first kappa shape index (κ1) is 16.0. The van der Waals surface area contributed by atoms with Crippen LogP contribution in [0.4, 0.5) is 0 Å². The summed E-state index contributed by atoms with van der Waals surface area (Å²) in [5.41, 5.74) is 2.52. The van der Waals surface area contributed by atoms with Gasteiger partial charge in [-0.1, -0.05) is 30.3 Å². The van der Waals surface area contributed by atoms with Crippen LogP contribution in [0.1, 0.15) is 28.8 Å². The Hall–Kier alpha value is -1.91. The molecule has 1 saturated heterocycles. The fourth-order valence-corrected chi connectivity index (χ4v) is 3.47. The van der Waals surface area contributed by atoms with Crippen LogP contribution >= 0.6 is 11.3 Å². The fourth-order valence-electron chi connectivity index (χ4n) is 2.85. The molecular weight excluding hydrogens is 304 g/mol. The van der Waals surface area contributed by atoms with Gasteiger partial charge in [0, 0.05) is 24.0 Å². The number of rotatable bonds is 6. The number of likely N-dealkylation sites (tertiary alicyclic amines) is 1. The highest BCUT2D eigenvalue weighted by Crippen LogP contribution is 2.16. The summed E-state index contributed by atoms with van der Waals surface area (Å²) in [5, 5.41) is 4.99. The number of thiophene rings is 1. The Morgan fingerprint density at radius 3 is 2.65 bits per heavy atom. The van der Waals surface area contributed by atoms with Crippen LogP contribution in [0, 0.1) is 0 Å². The third kappa shape index (κ3) is 4.78. The third-order valence-electron chi connectivity index (χ3n) is 4.11. The van der Waals surface area contributed by atoms with E-state index in [0.29, 0.717) is 6.54 Å². The maximum atomic E-state index is 12.0. The molecule has 1 N–H and O–H groups in total. The number of nitrogens with one attached hydrogen (secondary N) is 1. The molecule has 4 heteroatoms. The van der Waals surface area contributed by atoms with E-state index in [1.807, 2.05) is 29.7 Å². The predicted octanol–water partition coefficient (Wildman–Crippen LogP) is 3.67. The van der Waals surface area contributed by atoms with E-state index in [-0.39, 0.29) is 5.91 Å². The number of hydrogen-bond acceptors (Lipinski definition) is 3. The Bertz CT molecular complexity index is 658. The number of benzene rings is 1. The lowest BCUT2D eigenvalue weighted by Gasteiger charge is -2.17. The van der Waals surface area contributed by atoms with Crippen molar-refractivity contribution in [1.29, 1.82) is 0 Å². The van der Waals surface area contributed by atoms with E-state index in [9.17, 15) is 4.79 Å². The molecule has 2 aromatic rings. The number of hydrogen-bond donors (Lipinski definition) is 1. The molecule has 1 fully saturated rings. The van der Waals surface area contributed by atoms with Gasteiger partial charge in [0.2, 0.25) is 5.91 Å². The second kappa shape index (κ2) is 8.09. The van der Waals surface area contributed by atoms with Gasteiger partial charge in [-0.25, -0.2) is 0 Å². The van der Waals surface area contributed by atoms with E-state index >= 15 is 0 Å². The Labute approximate surface area is 141 Å². The zero-order valence-electron chi connectivity index (χ0n) is 13.2. The molecule has 3 nitrogen and oxygen atoms in total. The van der Waals surface area contributed by atoms with Gasteiger partial charge in [0.1, 0.15) is 0 Å². The number of nitrogens with zero attached hydrogens (tertiary/aromatic N) is 1. The van der Waals surface area contributed by atoms with E-state index in [4.69, 9.17) is 0 Å². The predicted molar refractivity (Wildman–Crippen MR) is 96.2 cm³/mol. The van der Waals surface area contributed by atoms with Crippen molar-refractivity contribution in [2.75, 3.05) is 13.1 Å². The molecule has 23 heavy (non-hydrogen) atoms. The minimum Gasteiger partial charge on any atom is -0.348 e. The molecular formula is C19H22N2OS. The van der Waals surface area contributed by atoms with Crippen molar-refractivity contribution in [3.8, 4) is 0 Å². The second-order valence-corrected chi connectivity index (χ2v) is 6.80. The molecule has 1 aliphatic rings. The minimum absolute atomic E-state index is 0.0469. The smallest absolute Gasteiger partial charge is 0.244 e. The first-order valence-corrected chi connectivity index (χ1v) is 8.98. The molecule has 120 valence electrons. The summed E-state index contributed by atoms with van der Waals surface area (Å²) in [5.74, 6) is -0.0469. The van der Waals surface area contributed by atoms with Crippen molar-refractivity contribution in [2.45, 2.75) is 25.9 Å². The molecule has 0 spiro atoms. The quantitative estimate of drug-likeness (QED) is 0.822. The molecule has 0 radical (unpaired) electrons. The summed E-state index contributed by atoms with van der Waals surface area (Å²) in [6, 6.07) is 12.4. The summed E-state index contributed by atoms with van der Waals surface area (Å²) in [6.07, 6.45) is 6.06. The van der Waals surface area contributed by atoms with Crippen LogP contribution in [0.2, 0.25) is 0 Å². The topological polar surface area (TPSA) is 32.3 Å². The lowest BCUT2D eigenvalue weighted by Crippen LogP contribution is -2.23. The van der Waals surface area contributed by atoms with E-state index in [1.54, 1.807) is 17.4 Å². The Morgan fingerprint density at radius 2 is 1.91 bits per heavy atom. The van der Waals surface area contributed by atoms with Crippen LogP contribution in [0.15, 0.2) is 47.9 Å². The maximum Gasteiger partial charge on any atom is 0.244 e. The zero-order valence-corrected chi connectivity index (χ0v) is 14.0. The largest absolute Gasteiger partial charge is 0.348 e. The molecule has 2 heterocycles. The van der Waals surface area contributed by atoms with Crippen LogP contribution in [0.25, 0.3) is 6.08 Å². The molecule has 0 atom stereocenters. The maximum absolute atomic E-state index is 12.0. The van der Waals surface area contributed by atoms with Gasteiger partial charge in [-0.15, -0.1) is 11.3 Å². The molecule has 0 aliphatic carbocycles. The minimum atomic E-state index is -0.0469. The van der Waals surface area contributed by atoms with Gasteiger partial charge < -0.3 is 5.32 Å². The van der Waals surface area contributed by atoms with Gasteiger partial charge in [0.25, 0.3) is 0 Å². The molecule has 1 aromatic carbocycles. The van der Waals surface area contributed by atoms with Crippen molar-refractivity contribution in [3.05, 3.63) is 63.9 Å². The van der Waals surface area contributed by atoms with Crippen LogP contribution in [0.5, 0.6) is 0 Å². The van der Waals surface area contributed by atoms with Gasteiger partial charge in [-0.2, -0.15) is 0 Å². The van der Waals surface area contributed by atoms with E-state index in [0.717, 1.165) is 11.4 Å². The Balaban J connectivity index is 1.56. The molecule has 1 amide bonds. The Kier molecular flexibility index (Phi) is 5.61. The molecule has 0 bridgehead atoms. The van der Waals surface area contributed by atoms with Crippen LogP contribution in [-0.2, 0) is 17.9 Å². The summed E-state index contributed by atoms with van der Waals surface area (Å²) >= 11 is 1.63. The lowest BCUT2D eigenvalue weighted by molar-refractivity contribution is -0.116. The summed E-state index contributed by atoms with van der Waals surface area (Å²) in [6.45, 7) is 3.93. The van der Waals surface area contributed by atoms with E-state index in [1.165, 1.54) is 37.1 Å². The van der Waals surface area contributed by atoms with Crippen molar-refractivity contribution < 1.29 is 4.79 Å². The summed E-state index contributed by atoms with van der Waals surface area (Å²) in [7, 11) is 0. The van der Waals surface area contributed by atoms with Crippen LogP contribution < -0.4 is 5.32 Å². The van der Waals surface area contributed by atoms with Crippen LogP contribution in [0.3, 0.4) is 0 Å². The van der Waals surface area contributed by atoms with Crippen LogP contribution in [-0.4, -0.2) is 23.9 Å². The highest BCUT2D eigenvalue weighted by Gasteiger charge is 2.13. The van der Waals surface area contributed by atoms with E-state index < -0.39 is 0 Å². The third-order valence-corrected chi connectivity index (χ3v) is 4.94. The van der Waals surface area contributed by atoms with Crippen molar-refractivity contribution in [3.63, 3.8) is 0 Å². The summed E-state index contributed by atoms with van der Waals surface area (Å²) < 4.78 is 0. The highest BCUT2D eigenvalue weighted by atomic mass is 32.1. The van der Waals surface area contributed by atoms with Gasteiger partial charge in [-0.05, 0) is 54.6 Å². The fraction of sp³-hybridized carbons (Fsp3) is 0.316. The molecule has 1 aromatic heterocycles. The zero-order chi connectivity index (χ0) is 15.9. The summed E-state index contributed by atoms with van der Waals surface area (Å²) in [4.78, 5) is 15.5. The lowest BCUT2D eigenvalue weighted by atomic mass is 10.1. The van der Waals surface area contributed by atoms with Crippen molar-refractivity contribution in [2.24, 2.45) is 0 Å². The first-order chi connectivity index (χ1) is 11.3. The normalized spacial score (nSPS) is 15.3. The number of amides is 1. The molecule has 1 aliphatic heterocycles. The monoisotopic (exact) mass is 326 g/mol. The van der Waals surface area contributed by atoms with Gasteiger partial charge >= 0.3 is 0 Å². The molecule has 0 unspecified atom stereocenters. The molecule has 3 rings (SSSR count). The SMILES string of the molecule is O=C(/C=C/c1cccs1)NCc1ccccc1CN1CCCC1. The Morgan fingerprint density at radius 1 is 1.13 bits per heavy atom. The standard InChI is InChI=1S/C19H22N2OS/c22-19(10-9-18-8-5-13-23-18)20-14-16-6-1-2-7-17(16)15-21-11-3-4-12-21/h1-2,5-10,13H,3-4,11-12,14-15H2,(H,20,22)/b10-9+. The molecule has 0 saturated carbocycles. The van der Waals surface area contributed by atoms with Crippen molar-refractivity contribution in [1.82, 2.24) is 10.2 Å². The van der Waals surface area contributed by atoms with Gasteiger partial charge in [0.15, 0.2) is 0 Å². The second-order valence-electron chi connectivity index (χ2n) is 5.82. The van der Waals surface area contributed by atoms with Crippen molar-refractivity contribution >= 4 is 23.3 Å². The highest BCUT2D eigenvalue weighted by molar-refractivity contribution is 7.10. The number of carbonyl (C=O) groups excluding carboxylic acids is 1. The average Bonchev–Trinajstić information content (AvgIpc) is 3.25. The average molecular weight is 326 g/mol. The van der Waals surface area contributed by atoms with Gasteiger partial charge in [0.05, 0.1) is 0 Å². The van der Waals surface area contributed by atoms with E-state index in [2.05, 4.69) is 28.4 Å². The first-order valence-electron chi connectivity index (χ1n) is 8.10. The van der Waals surface area contributed by atoms with Gasteiger partial charge in [-0.3, -0.25) is 9.69 Å².